The molecule has 0 rings (SSSR count). The van der Waals surface area contributed by atoms with Crippen LogP contribution in [0.3, 0.4) is 0 Å². The molecule has 0 aromatic carbocycles. The topological polar surface area (TPSA) is 55.4 Å². The summed E-state index contributed by atoms with van der Waals surface area (Å²) >= 11 is 32.3. The summed E-state index contributed by atoms with van der Waals surface area (Å²) in [5.41, 5.74) is -7.42. The monoisotopic (exact) mass is 1120 g/mol. The first kappa shape index (κ1) is 73.8. The molecule has 0 aliphatic heterocycles. The van der Waals surface area contributed by atoms with Crippen molar-refractivity contribution in [2.24, 2.45) is 35.5 Å². The molecular formula is C48H102NiO6P3S6. The van der Waals surface area contributed by atoms with Crippen LogP contribution in [-0.2, 0) is 116 Å². The molecule has 0 aromatic heterocycles. The minimum Gasteiger partial charge on any atom is -0.691 e. The summed E-state index contributed by atoms with van der Waals surface area (Å²) in [5.74, 6) is 3.42. The van der Waals surface area contributed by atoms with Crippen LogP contribution in [0.25, 0.3) is 0 Å². The summed E-state index contributed by atoms with van der Waals surface area (Å²) in [6.45, 7) is 30.5. The van der Waals surface area contributed by atoms with Gasteiger partial charge in [0.25, 0.3) is 0 Å². The Morgan fingerprint density at radius 2 is 0.422 bits per heavy atom. The Kier molecular flexibility index (Phi) is 57.4. The molecule has 0 saturated heterocycles. The molecular weight excluding hydrogens is 1020 g/mol. The molecule has 1 radical (unpaired) electrons. The van der Waals surface area contributed by atoms with Crippen LogP contribution >= 0.6 is 17.1 Å². The van der Waals surface area contributed by atoms with E-state index in [1.54, 1.807) is 0 Å². The van der Waals surface area contributed by atoms with Crippen molar-refractivity contribution in [1.29, 1.82) is 0 Å². The average molecular weight is 1120 g/mol. The number of rotatable bonds is 42. The molecule has 0 bridgehead atoms. The summed E-state index contributed by atoms with van der Waals surface area (Å²) in [4.78, 5) is 0. The standard InChI is InChI=1S/3C16H35O2PS2.Ni/c3*1-5-9-11-15(7-3)13-17-19(20,21)18-14-16(8-4)12-10-6-2;/h3*15-16H,5-14H2,1-4H3,(H,20,21);/q;;;+3/p-3. The molecule has 0 heterocycles. The van der Waals surface area contributed by atoms with E-state index in [0.717, 1.165) is 38.5 Å². The summed E-state index contributed by atoms with van der Waals surface area (Å²) in [7, 11) is 0. The van der Waals surface area contributed by atoms with E-state index in [2.05, 4.69) is 83.1 Å². The summed E-state index contributed by atoms with van der Waals surface area (Å²) in [6, 6.07) is 0. The maximum atomic E-state index is 5.80. The van der Waals surface area contributed by atoms with Gasteiger partial charge in [-0.1, -0.05) is 234 Å². The van der Waals surface area contributed by atoms with E-state index in [1.807, 2.05) is 0 Å². The molecule has 6 unspecified atom stereocenters. The molecule has 16 heteroatoms. The second kappa shape index (κ2) is 49.8. The van der Waals surface area contributed by atoms with Crippen LogP contribution in [0.2, 0.25) is 0 Å². The van der Waals surface area contributed by atoms with E-state index in [1.165, 1.54) is 116 Å². The van der Waals surface area contributed by atoms with Gasteiger partial charge in [-0.15, -0.1) is 0 Å². The van der Waals surface area contributed by atoms with Crippen molar-refractivity contribution in [3.05, 3.63) is 0 Å². The Hall–Kier alpha value is 3.25. The Bertz CT molecular complexity index is 931. The fraction of sp³-hybridized carbons (Fsp3) is 1.00. The molecule has 391 valence electrons. The van der Waals surface area contributed by atoms with Crippen molar-refractivity contribution in [2.75, 3.05) is 39.6 Å². The third-order valence-electron chi connectivity index (χ3n) is 12.1. The van der Waals surface area contributed by atoms with Gasteiger partial charge in [0.05, 0.1) is 56.7 Å². The minimum atomic E-state index is -2.47. The zero-order valence-corrected chi connectivity index (χ0v) is 51.8. The quantitative estimate of drug-likeness (QED) is 0.0332. The number of hydrogen-bond donors (Lipinski definition) is 0. The van der Waals surface area contributed by atoms with E-state index in [4.69, 9.17) is 99.3 Å². The van der Waals surface area contributed by atoms with Crippen molar-refractivity contribution >= 4 is 89.2 Å². The average Bonchev–Trinajstić information content (AvgIpc) is 3.27. The molecule has 6 atom stereocenters. The Morgan fingerprint density at radius 1 is 0.297 bits per heavy atom. The van der Waals surface area contributed by atoms with Gasteiger partial charge in [0, 0.05) is 0 Å². The maximum Gasteiger partial charge on any atom is 3.00 e. The number of unbranched alkanes of at least 4 members (excludes halogenated alkanes) is 6. The van der Waals surface area contributed by atoms with Gasteiger partial charge in [-0.05, 0) is 74.0 Å². The zero-order valence-electron chi connectivity index (χ0n) is 43.2. The predicted molar refractivity (Wildman–Crippen MR) is 300 cm³/mol. The van der Waals surface area contributed by atoms with Gasteiger partial charge in [-0.25, -0.2) is 0 Å². The Balaban J connectivity index is -0.000000419. The van der Waals surface area contributed by atoms with Crippen LogP contribution in [0.5, 0.6) is 0 Å². The first-order valence-electron chi connectivity index (χ1n) is 25.8. The molecule has 0 aromatic rings. The van der Waals surface area contributed by atoms with Gasteiger partial charge in [0.1, 0.15) is 0 Å². The minimum absolute atomic E-state index is 0. The first-order valence-corrected chi connectivity index (χ1v) is 36.7. The third-order valence-corrected chi connectivity index (χ3v) is 18.7. The zero-order chi connectivity index (χ0) is 48.4. The van der Waals surface area contributed by atoms with Gasteiger partial charge in [-0.3, -0.25) is 0 Å². The van der Waals surface area contributed by atoms with Crippen molar-refractivity contribution in [3.8, 4) is 0 Å². The summed E-state index contributed by atoms with van der Waals surface area (Å²) < 4.78 is 34.8. The van der Waals surface area contributed by atoms with Crippen LogP contribution in [0.1, 0.15) is 237 Å². The van der Waals surface area contributed by atoms with E-state index in [9.17, 15) is 0 Å². The molecule has 0 aliphatic rings. The van der Waals surface area contributed by atoms with Gasteiger partial charge >= 0.3 is 16.5 Å². The fourth-order valence-corrected chi connectivity index (χ4v) is 11.5. The Morgan fingerprint density at radius 3 is 0.516 bits per heavy atom. The van der Waals surface area contributed by atoms with Crippen LogP contribution < -0.4 is 0 Å². The SMILES string of the molecule is CCCCC(CC)COP(=S)([S-])OCC(CC)CCCC.CCCCC(CC)COP(=S)([S-])OCC(CC)CCCC.CCCCC(CC)COP(=S)([S-])OCC(CC)CCCC.[Ni+3]. The predicted octanol–water partition coefficient (Wildman–Crippen LogP) is 18.7. The van der Waals surface area contributed by atoms with Crippen LogP contribution in [0, 0.1) is 35.5 Å². The van der Waals surface area contributed by atoms with Gasteiger partial charge in [0.15, 0.2) is 0 Å². The molecule has 0 fully saturated rings. The van der Waals surface area contributed by atoms with E-state index in [0.29, 0.717) is 75.1 Å². The van der Waals surface area contributed by atoms with Gasteiger partial charge < -0.3 is 63.9 Å². The van der Waals surface area contributed by atoms with Crippen molar-refractivity contribution < 1.29 is 43.6 Å². The second-order valence-corrected chi connectivity index (χ2v) is 32.6. The Labute approximate surface area is 441 Å². The van der Waals surface area contributed by atoms with Crippen LogP contribution in [0.15, 0.2) is 0 Å². The summed E-state index contributed by atoms with van der Waals surface area (Å²) in [6.07, 6.45) is 28.8. The van der Waals surface area contributed by atoms with E-state index >= 15 is 0 Å². The van der Waals surface area contributed by atoms with Crippen molar-refractivity contribution in [2.45, 2.75) is 237 Å². The third kappa shape index (κ3) is 47.6. The molecule has 6 nitrogen and oxygen atoms in total. The fourth-order valence-electron chi connectivity index (χ4n) is 6.68. The smallest absolute Gasteiger partial charge is 0.691 e. The van der Waals surface area contributed by atoms with Gasteiger partial charge in [-0.2, -0.15) is 0 Å². The molecule has 64 heavy (non-hydrogen) atoms. The molecule has 0 amide bonds. The second-order valence-electron chi connectivity index (χ2n) is 17.6. The van der Waals surface area contributed by atoms with Crippen molar-refractivity contribution in [1.82, 2.24) is 0 Å². The van der Waals surface area contributed by atoms with E-state index < -0.39 is 17.1 Å². The maximum absolute atomic E-state index is 5.80. The van der Waals surface area contributed by atoms with Crippen LogP contribution in [0.4, 0.5) is 0 Å². The molecule has 0 N–H and O–H groups in total. The van der Waals surface area contributed by atoms with Gasteiger partial charge in [0.2, 0.25) is 0 Å². The molecule has 0 saturated carbocycles. The number of hydrogen-bond acceptors (Lipinski definition) is 12. The normalized spacial score (nSPS) is 17.1. The largest absolute Gasteiger partial charge is 3.00 e. The summed E-state index contributed by atoms with van der Waals surface area (Å²) in [5, 5.41) is 0. The van der Waals surface area contributed by atoms with Crippen molar-refractivity contribution in [3.63, 3.8) is 0 Å². The first-order chi connectivity index (χ1) is 30.0. The van der Waals surface area contributed by atoms with Crippen LogP contribution in [-0.4, -0.2) is 39.6 Å². The molecule has 0 spiro atoms. The molecule has 0 aliphatic carbocycles. The van der Waals surface area contributed by atoms with E-state index in [-0.39, 0.29) is 16.5 Å².